The molecule has 0 radical (unpaired) electrons. The number of nitrogens with zero attached hydrogens (tertiary/aromatic N) is 1. The maximum absolute atomic E-state index is 13.5. The molecule has 0 bridgehead atoms. The number of halogens is 2. The molecule has 88 valence electrons. The summed E-state index contributed by atoms with van der Waals surface area (Å²) < 4.78 is 14.6. The third kappa shape index (κ3) is 3.23. The van der Waals surface area contributed by atoms with Crippen molar-refractivity contribution in [3.05, 3.63) is 63.2 Å². The van der Waals surface area contributed by atoms with Crippen LogP contribution in [0.15, 0.2) is 42.6 Å². The highest BCUT2D eigenvalue weighted by atomic mass is 127. The number of hydrogen-bond acceptors (Lipinski definition) is 2. The fourth-order valence-electron chi connectivity index (χ4n) is 1.64. The van der Waals surface area contributed by atoms with Gasteiger partial charge in [0.05, 0.1) is 11.7 Å². The van der Waals surface area contributed by atoms with Gasteiger partial charge in [0.2, 0.25) is 0 Å². The topological polar surface area (TPSA) is 38.9 Å². The van der Waals surface area contributed by atoms with Gasteiger partial charge in [-0.3, -0.25) is 4.98 Å². The second-order valence-corrected chi connectivity index (χ2v) is 5.05. The van der Waals surface area contributed by atoms with Crippen LogP contribution in [-0.4, -0.2) is 4.98 Å². The molecule has 1 aromatic carbocycles. The molecule has 0 aliphatic rings. The van der Waals surface area contributed by atoms with E-state index in [1.165, 1.54) is 9.64 Å². The largest absolute Gasteiger partial charge is 0.322 e. The van der Waals surface area contributed by atoms with Gasteiger partial charge in [-0.15, -0.1) is 0 Å². The van der Waals surface area contributed by atoms with E-state index in [1.54, 1.807) is 12.3 Å². The molecule has 0 amide bonds. The molecule has 2 rings (SSSR count). The molecule has 0 saturated carbocycles. The first kappa shape index (κ1) is 12.4. The summed E-state index contributed by atoms with van der Waals surface area (Å²) in [5, 5.41) is 0. The Morgan fingerprint density at radius 2 is 1.94 bits per heavy atom. The molecule has 2 aromatic rings. The highest BCUT2D eigenvalue weighted by Crippen LogP contribution is 2.17. The van der Waals surface area contributed by atoms with Gasteiger partial charge in [0, 0.05) is 9.77 Å². The average molecular weight is 342 g/mol. The van der Waals surface area contributed by atoms with Crippen LogP contribution in [0.1, 0.15) is 17.3 Å². The van der Waals surface area contributed by atoms with Crippen LogP contribution in [0.3, 0.4) is 0 Å². The summed E-state index contributed by atoms with van der Waals surface area (Å²) in [4.78, 5) is 3.99. The summed E-state index contributed by atoms with van der Waals surface area (Å²) in [5.41, 5.74) is 7.37. The maximum atomic E-state index is 13.5. The minimum absolute atomic E-state index is 0.325. The minimum Gasteiger partial charge on any atom is -0.322 e. The zero-order valence-corrected chi connectivity index (χ0v) is 11.3. The molecule has 1 unspecified atom stereocenters. The minimum atomic E-state index is -0.406. The van der Waals surface area contributed by atoms with Gasteiger partial charge in [0.1, 0.15) is 5.82 Å². The monoisotopic (exact) mass is 342 g/mol. The van der Waals surface area contributed by atoms with E-state index in [9.17, 15) is 4.39 Å². The van der Waals surface area contributed by atoms with Crippen molar-refractivity contribution in [3.8, 4) is 0 Å². The standard InChI is InChI=1S/C13H12FIN2/c14-11-2-1-7-17-13(11)12(16)8-9-3-5-10(15)6-4-9/h1-7,12H,8,16H2. The van der Waals surface area contributed by atoms with Gasteiger partial charge in [-0.05, 0) is 58.8 Å². The lowest BCUT2D eigenvalue weighted by atomic mass is 10.0. The smallest absolute Gasteiger partial charge is 0.146 e. The Labute approximate surface area is 113 Å². The average Bonchev–Trinajstić information content (AvgIpc) is 2.32. The van der Waals surface area contributed by atoms with Gasteiger partial charge in [0.25, 0.3) is 0 Å². The van der Waals surface area contributed by atoms with Gasteiger partial charge in [-0.25, -0.2) is 4.39 Å². The molecule has 0 spiro atoms. The Hall–Kier alpha value is -1.01. The van der Waals surface area contributed by atoms with Crippen molar-refractivity contribution in [2.45, 2.75) is 12.5 Å². The Kier molecular flexibility index (Phi) is 4.06. The van der Waals surface area contributed by atoms with Crippen LogP contribution < -0.4 is 5.73 Å². The summed E-state index contributed by atoms with van der Waals surface area (Å²) in [6.45, 7) is 0. The molecular formula is C13H12FIN2. The van der Waals surface area contributed by atoms with Gasteiger partial charge < -0.3 is 5.73 Å². The first-order valence-corrected chi connectivity index (χ1v) is 6.35. The molecule has 0 fully saturated rings. The van der Waals surface area contributed by atoms with E-state index in [2.05, 4.69) is 27.6 Å². The van der Waals surface area contributed by atoms with Gasteiger partial charge in [-0.2, -0.15) is 0 Å². The number of nitrogens with two attached hydrogens (primary N) is 1. The van der Waals surface area contributed by atoms with Crippen LogP contribution in [0.5, 0.6) is 0 Å². The van der Waals surface area contributed by atoms with Crippen LogP contribution in [0.25, 0.3) is 0 Å². The second kappa shape index (κ2) is 5.55. The van der Waals surface area contributed by atoms with E-state index in [0.29, 0.717) is 12.1 Å². The van der Waals surface area contributed by atoms with Crippen molar-refractivity contribution in [2.75, 3.05) is 0 Å². The lowest BCUT2D eigenvalue weighted by Gasteiger charge is -2.11. The van der Waals surface area contributed by atoms with E-state index in [4.69, 9.17) is 5.73 Å². The normalized spacial score (nSPS) is 12.4. The van der Waals surface area contributed by atoms with Gasteiger partial charge in [0.15, 0.2) is 0 Å². The second-order valence-electron chi connectivity index (χ2n) is 3.81. The molecule has 0 aliphatic heterocycles. The molecule has 2 nitrogen and oxygen atoms in total. The third-order valence-electron chi connectivity index (χ3n) is 2.51. The van der Waals surface area contributed by atoms with Gasteiger partial charge in [-0.1, -0.05) is 12.1 Å². The number of hydrogen-bond donors (Lipinski definition) is 1. The lowest BCUT2D eigenvalue weighted by Crippen LogP contribution is -2.16. The molecule has 1 atom stereocenters. The fourth-order valence-corrected chi connectivity index (χ4v) is 2.00. The number of aromatic nitrogens is 1. The summed E-state index contributed by atoms with van der Waals surface area (Å²) in [7, 11) is 0. The van der Waals surface area contributed by atoms with E-state index in [0.717, 1.165) is 5.56 Å². The lowest BCUT2D eigenvalue weighted by molar-refractivity contribution is 0.564. The quantitative estimate of drug-likeness (QED) is 0.871. The zero-order valence-electron chi connectivity index (χ0n) is 9.11. The van der Waals surface area contributed by atoms with Crippen molar-refractivity contribution in [2.24, 2.45) is 5.73 Å². The number of pyridine rings is 1. The van der Waals surface area contributed by atoms with Crippen molar-refractivity contribution < 1.29 is 4.39 Å². The summed E-state index contributed by atoms with van der Waals surface area (Å²) in [6, 6.07) is 10.6. The Morgan fingerprint density at radius 1 is 1.24 bits per heavy atom. The third-order valence-corrected chi connectivity index (χ3v) is 3.23. The first-order valence-electron chi connectivity index (χ1n) is 5.27. The van der Waals surface area contributed by atoms with Crippen molar-refractivity contribution in [1.82, 2.24) is 4.98 Å². The van der Waals surface area contributed by atoms with Crippen molar-refractivity contribution in [3.63, 3.8) is 0 Å². The first-order chi connectivity index (χ1) is 8.16. The Morgan fingerprint density at radius 3 is 2.59 bits per heavy atom. The molecule has 0 saturated heterocycles. The van der Waals surface area contributed by atoms with E-state index in [-0.39, 0.29) is 5.82 Å². The predicted molar refractivity (Wildman–Crippen MR) is 74.0 cm³/mol. The highest BCUT2D eigenvalue weighted by Gasteiger charge is 2.12. The molecule has 1 aromatic heterocycles. The molecule has 4 heteroatoms. The van der Waals surface area contributed by atoms with E-state index in [1.807, 2.05) is 24.3 Å². The van der Waals surface area contributed by atoms with Crippen LogP contribution in [-0.2, 0) is 6.42 Å². The number of rotatable bonds is 3. The summed E-state index contributed by atoms with van der Waals surface area (Å²) in [5.74, 6) is -0.342. The fraction of sp³-hybridized carbons (Fsp3) is 0.154. The van der Waals surface area contributed by atoms with Crippen LogP contribution >= 0.6 is 22.6 Å². The van der Waals surface area contributed by atoms with Crippen molar-refractivity contribution >= 4 is 22.6 Å². The van der Waals surface area contributed by atoms with E-state index < -0.39 is 6.04 Å². The molecule has 17 heavy (non-hydrogen) atoms. The molecule has 2 N–H and O–H groups in total. The van der Waals surface area contributed by atoms with Crippen LogP contribution in [0, 0.1) is 9.39 Å². The van der Waals surface area contributed by atoms with Crippen LogP contribution in [0.2, 0.25) is 0 Å². The summed E-state index contributed by atoms with van der Waals surface area (Å²) in [6.07, 6.45) is 2.15. The molecule has 0 aliphatic carbocycles. The highest BCUT2D eigenvalue weighted by molar-refractivity contribution is 14.1. The predicted octanol–water partition coefficient (Wildman–Crippen LogP) is 3.07. The van der Waals surface area contributed by atoms with Crippen LogP contribution in [0.4, 0.5) is 4.39 Å². The molecular weight excluding hydrogens is 330 g/mol. The van der Waals surface area contributed by atoms with E-state index >= 15 is 0 Å². The number of benzene rings is 1. The Bertz CT molecular complexity index is 499. The zero-order chi connectivity index (χ0) is 12.3. The maximum Gasteiger partial charge on any atom is 0.146 e. The SMILES string of the molecule is NC(Cc1ccc(I)cc1)c1ncccc1F. The summed E-state index contributed by atoms with van der Waals surface area (Å²) >= 11 is 2.24. The van der Waals surface area contributed by atoms with Crippen molar-refractivity contribution in [1.29, 1.82) is 0 Å². The van der Waals surface area contributed by atoms with Gasteiger partial charge >= 0.3 is 0 Å². The Balaban J connectivity index is 2.14. The molecule has 1 heterocycles.